The van der Waals surface area contributed by atoms with Crippen LogP contribution in [-0.2, 0) is 27.2 Å². The van der Waals surface area contributed by atoms with E-state index in [-0.39, 0.29) is 23.6 Å². The van der Waals surface area contributed by atoms with E-state index in [9.17, 15) is 14.4 Å². The van der Waals surface area contributed by atoms with Crippen molar-refractivity contribution in [2.45, 2.75) is 37.8 Å². The number of rotatable bonds is 9. The maximum Gasteiger partial charge on any atom is 0.245 e. The molecule has 3 amide bonds. The van der Waals surface area contributed by atoms with Crippen LogP contribution < -0.4 is 21.3 Å². The van der Waals surface area contributed by atoms with Gasteiger partial charge >= 0.3 is 0 Å². The van der Waals surface area contributed by atoms with Crippen LogP contribution in [0, 0.1) is 5.92 Å². The minimum Gasteiger partial charge on any atom is -0.344 e. The molecule has 2 heterocycles. The standard InChI is InChI=1S/C36H41N5O3/c42-34(29-13-15-37-16-14-29)39-32(23-25-9-11-27-5-1-3-7-30(27)21-25)35(43)40-33(36(44)41-19-17-38-18-20-41)24-26-10-12-28-6-2-4-8-31(28)22-26/h1-12,21-22,29,32-33,37-38H,13-20,23-24H2,(H,39,42)(H,40,43). The zero-order valence-corrected chi connectivity index (χ0v) is 25.1. The van der Waals surface area contributed by atoms with E-state index in [2.05, 4.69) is 57.7 Å². The van der Waals surface area contributed by atoms with Crippen molar-refractivity contribution in [1.29, 1.82) is 0 Å². The molecule has 8 nitrogen and oxygen atoms in total. The summed E-state index contributed by atoms with van der Waals surface area (Å²) in [7, 11) is 0. The van der Waals surface area contributed by atoms with E-state index in [1.54, 1.807) is 0 Å². The number of fused-ring (bicyclic) bond motifs is 2. The van der Waals surface area contributed by atoms with Gasteiger partial charge in [0.15, 0.2) is 0 Å². The third-order valence-corrected chi connectivity index (χ3v) is 8.89. The topological polar surface area (TPSA) is 103 Å². The average Bonchev–Trinajstić information content (AvgIpc) is 3.08. The molecule has 2 atom stereocenters. The number of hydrogen-bond donors (Lipinski definition) is 4. The van der Waals surface area contributed by atoms with E-state index in [0.717, 1.165) is 71.7 Å². The number of nitrogens with zero attached hydrogens (tertiary/aromatic N) is 1. The van der Waals surface area contributed by atoms with Gasteiger partial charge in [-0.3, -0.25) is 14.4 Å². The van der Waals surface area contributed by atoms with Crippen LogP contribution in [0.1, 0.15) is 24.0 Å². The van der Waals surface area contributed by atoms with Crippen molar-refractivity contribution in [3.05, 3.63) is 96.1 Å². The van der Waals surface area contributed by atoms with Crippen molar-refractivity contribution in [3.8, 4) is 0 Å². The van der Waals surface area contributed by atoms with Gasteiger partial charge in [0.1, 0.15) is 12.1 Å². The van der Waals surface area contributed by atoms with Gasteiger partial charge in [0.2, 0.25) is 17.7 Å². The lowest BCUT2D eigenvalue weighted by molar-refractivity contribution is -0.138. The Bertz CT molecular complexity index is 1630. The van der Waals surface area contributed by atoms with Gasteiger partial charge < -0.3 is 26.2 Å². The molecule has 0 aliphatic carbocycles. The van der Waals surface area contributed by atoms with E-state index in [1.807, 2.05) is 53.4 Å². The molecule has 4 aromatic rings. The number of carbonyl (C=O) groups excluding carboxylic acids is 3. The lowest BCUT2D eigenvalue weighted by Crippen LogP contribution is -2.58. The number of piperazine rings is 1. The van der Waals surface area contributed by atoms with Crippen molar-refractivity contribution in [2.24, 2.45) is 5.92 Å². The van der Waals surface area contributed by atoms with Gasteiger partial charge in [0, 0.05) is 44.9 Å². The number of carbonyl (C=O) groups is 3. The maximum absolute atomic E-state index is 14.1. The van der Waals surface area contributed by atoms with E-state index < -0.39 is 12.1 Å². The predicted molar refractivity (Wildman–Crippen MR) is 174 cm³/mol. The third-order valence-electron chi connectivity index (χ3n) is 8.89. The van der Waals surface area contributed by atoms with E-state index in [1.165, 1.54) is 0 Å². The Labute approximate surface area is 258 Å². The number of nitrogens with one attached hydrogen (secondary N) is 4. The summed E-state index contributed by atoms with van der Waals surface area (Å²) in [6.45, 7) is 4.20. The molecule has 6 rings (SSSR count). The SMILES string of the molecule is O=C(NC(Cc1ccc2ccccc2c1)C(=O)NC(Cc1ccc2ccccc2c1)C(=O)N1CCNCC1)C1CCNCC1. The molecule has 2 fully saturated rings. The van der Waals surface area contributed by atoms with Crippen LogP contribution in [0.5, 0.6) is 0 Å². The highest BCUT2D eigenvalue weighted by Crippen LogP contribution is 2.20. The molecule has 0 radical (unpaired) electrons. The van der Waals surface area contributed by atoms with Crippen LogP contribution in [0.25, 0.3) is 21.5 Å². The van der Waals surface area contributed by atoms with Crippen LogP contribution in [0.2, 0.25) is 0 Å². The highest BCUT2D eigenvalue weighted by molar-refractivity contribution is 5.93. The summed E-state index contributed by atoms with van der Waals surface area (Å²) < 4.78 is 0. The van der Waals surface area contributed by atoms with Crippen LogP contribution in [-0.4, -0.2) is 74.0 Å². The first-order valence-corrected chi connectivity index (χ1v) is 15.8. The number of amides is 3. The number of piperidine rings is 1. The van der Waals surface area contributed by atoms with Crippen molar-refractivity contribution in [1.82, 2.24) is 26.2 Å². The summed E-state index contributed by atoms with van der Waals surface area (Å²) in [5.41, 5.74) is 1.93. The van der Waals surface area contributed by atoms with Crippen LogP contribution in [0.4, 0.5) is 0 Å². The lowest BCUT2D eigenvalue weighted by atomic mass is 9.95. The van der Waals surface area contributed by atoms with Gasteiger partial charge in [-0.2, -0.15) is 0 Å². The monoisotopic (exact) mass is 591 g/mol. The number of hydrogen-bond acceptors (Lipinski definition) is 5. The first kappa shape index (κ1) is 29.8. The van der Waals surface area contributed by atoms with Gasteiger partial charge in [-0.25, -0.2) is 0 Å². The molecule has 0 spiro atoms. The van der Waals surface area contributed by atoms with Crippen LogP contribution >= 0.6 is 0 Å². The smallest absolute Gasteiger partial charge is 0.245 e. The Balaban J connectivity index is 1.26. The molecule has 4 N–H and O–H groups in total. The molecule has 8 heteroatoms. The van der Waals surface area contributed by atoms with Crippen molar-refractivity contribution >= 4 is 39.3 Å². The zero-order chi connectivity index (χ0) is 30.3. The fraction of sp³-hybridized carbons (Fsp3) is 0.361. The molecule has 4 aromatic carbocycles. The fourth-order valence-electron chi connectivity index (χ4n) is 6.36. The van der Waals surface area contributed by atoms with Crippen molar-refractivity contribution < 1.29 is 14.4 Å². The zero-order valence-electron chi connectivity index (χ0n) is 25.1. The Morgan fingerprint density at radius 2 is 1.18 bits per heavy atom. The van der Waals surface area contributed by atoms with E-state index >= 15 is 0 Å². The molecule has 0 saturated carbocycles. The molecule has 228 valence electrons. The first-order valence-electron chi connectivity index (χ1n) is 15.8. The second kappa shape index (κ2) is 14.0. The highest BCUT2D eigenvalue weighted by atomic mass is 16.2. The molecule has 0 aromatic heterocycles. The third kappa shape index (κ3) is 7.26. The van der Waals surface area contributed by atoms with Gasteiger partial charge in [0.25, 0.3) is 0 Å². The number of benzene rings is 4. The van der Waals surface area contributed by atoms with Gasteiger partial charge in [-0.05, 0) is 58.6 Å². The molecule has 2 aliphatic rings. The van der Waals surface area contributed by atoms with Gasteiger partial charge in [-0.15, -0.1) is 0 Å². The maximum atomic E-state index is 14.1. The molecule has 2 unspecified atom stereocenters. The molecule has 0 bridgehead atoms. The Morgan fingerprint density at radius 1 is 0.659 bits per heavy atom. The van der Waals surface area contributed by atoms with Gasteiger partial charge in [0.05, 0.1) is 0 Å². The highest BCUT2D eigenvalue weighted by Gasteiger charge is 2.32. The largest absolute Gasteiger partial charge is 0.344 e. The van der Waals surface area contributed by atoms with Crippen molar-refractivity contribution in [3.63, 3.8) is 0 Å². The quantitative estimate of drug-likeness (QED) is 0.240. The molecule has 44 heavy (non-hydrogen) atoms. The minimum atomic E-state index is -0.812. The Hall–Kier alpha value is -4.27. The minimum absolute atomic E-state index is 0.0952. The van der Waals surface area contributed by atoms with Gasteiger partial charge in [-0.1, -0.05) is 84.9 Å². The molecular weight excluding hydrogens is 550 g/mol. The predicted octanol–water partition coefficient (Wildman–Crippen LogP) is 3.18. The summed E-state index contributed by atoms with van der Waals surface area (Å²) in [5, 5.41) is 17.2. The second-order valence-corrected chi connectivity index (χ2v) is 12.0. The lowest BCUT2D eigenvalue weighted by Gasteiger charge is -2.32. The summed E-state index contributed by atoms with van der Waals surface area (Å²) in [5.74, 6) is -0.678. The molecule has 2 saturated heterocycles. The fourth-order valence-corrected chi connectivity index (χ4v) is 6.36. The molecular formula is C36H41N5O3. The average molecular weight is 592 g/mol. The van der Waals surface area contributed by atoms with Crippen LogP contribution in [0.3, 0.4) is 0 Å². The summed E-state index contributed by atoms with van der Waals surface area (Å²) in [6, 6.07) is 27.0. The second-order valence-electron chi connectivity index (χ2n) is 12.0. The van der Waals surface area contributed by atoms with Crippen LogP contribution in [0.15, 0.2) is 84.9 Å². The van der Waals surface area contributed by atoms with Crippen molar-refractivity contribution in [2.75, 3.05) is 39.3 Å². The normalized spacial score (nSPS) is 17.2. The summed E-state index contributed by atoms with van der Waals surface area (Å²) in [4.78, 5) is 43.2. The Kier molecular flexibility index (Phi) is 9.48. The molecule has 2 aliphatic heterocycles. The summed E-state index contributed by atoms with van der Waals surface area (Å²) >= 11 is 0. The van der Waals surface area contributed by atoms with E-state index in [4.69, 9.17) is 0 Å². The van der Waals surface area contributed by atoms with E-state index in [0.29, 0.717) is 25.9 Å². The first-order chi connectivity index (χ1) is 21.5. The summed E-state index contributed by atoms with van der Waals surface area (Å²) in [6.07, 6.45) is 2.17. The Morgan fingerprint density at radius 3 is 1.77 bits per heavy atom.